The van der Waals surface area contributed by atoms with E-state index in [2.05, 4.69) is 43.1 Å². The van der Waals surface area contributed by atoms with Gasteiger partial charge in [-0.05, 0) is 32.5 Å². The van der Waals surface area contributed by atoms with E-state index in [1.807, 2.05) is 6.07 Å². The predicted molar refractivity (Wildman–Crippen MR) is 82.7 cm³/mol. The van der Waals surface area contributed by atoms with Crippen LogP contribution in [0.25, 0.3) is 0 Å². The van der Waals surface area contributed by atoms with Crippen LogP contribution >= 0.6 is 0 Å². The van der Waals surface area contributed by atoms with Gasteiger partial charge in [-0.1, -0.05) is 13.0 Å². The van der Waals surface area contributed by atoms with Crippen molar-refractivity contribution in [2.45, 2.75) is 32.9 Å². The van der Waals surface area contributed by atoms with Gasteiger partial charge >= 0.3 is 0 Å². The second kappa shape index (κ2) is 6.95. The Morgan fingerprint density at radius 1 is 1.50 bits per heavy atom. The first-order valence-corrected chi connectivity index (χ1v) is 7.44. The van der Waals surface area contributed by atoms with Gasteiger partial charge in [0, 0.05) is 30.4 Å². The van der Waals surface area contributed by atoms with Crippen molar-refractivity contribution in [2.75, 3.05) is 38.3 Å². The van der Waals surface area contributed by atoms with Crippen LogP contribution in [0.5, 0.6) is 5.75 Å². The van der Waals surface area contributed by atoms with Gasteiger partial charge in [-0.25, -0.2) is 0 Å². The Labute approximate surface area is 122 Å². The fourth-order valence-electron chi connectivity index (χ4n) is 2.87. The average molecular weight is 278 g/mol. The van der Waals surface area contributed by atoms with Crippen molar-refractivity contribution >= 4 is 5.69 Å². The van der Waals surface area contributed by atoms with Crippen molar-refractivity contribution in [3.05, 3.63) is 23.8 Å². The maximum absolute atomic E-state index is 5.65. The zero-order chi connectivity index (χ0) is 14.5. The molecule has 1 aromatic rings. The minimum absolute atomic E-state index is 0.268. The van der Waals surface area contributed by atoms with Crippen LogP contribution in [0.3, 0.4) is 0 Å². The molecule has 0 spiro atoms. The lowest BCUT2D eigenvalue weighted by Gasteiger charge is -2.35. The molecule has 2 unspecified atom stereocenters. The van der Waals surface area contributed by atoms with Crippen molar-refractivity contribution < 1.29 is 9.47 Å². The number of morpholine rings is 1. The Balaban J connectivity index is 2.35. The van der Waals surface area contributed by atoms with Crippen LogP contribution in [0.1, 0.15) is 32.4 Å². The second-order valence-corrected chi connectivity index (χ2v) is 5.30. The summed E-state index contributed by atoms with van der Waals surface area (Å²) in [7, 11) is 1.74. The first-order chi connectivity index (χ1) is 9.67. The third-order valence-electron chi connectivity index (χ3n) is 3.79. The zero-order valence-corrected chi connectivity index (χ0v) is 13.0. The van der Waals surface area contributed by atoms with E-state index < -0.39 is 0 Å². The van der Waals surface area contributed by atoms with Crippen LogP contribution in [0.2, 0.25) is 0 Å². The summed E-state index contributed by atoms with van der Waals surface area (Å²) in [6, 6.07) is 6.56. The maximum Gasteiger partial charge on any atom is 0.125 e. The van der Waals surface area contributed by atoms with Gasteiger partial charge in [-0.3, -0.25) is 0 Å². The Kier molecular flexibility index (Phi) is 5.26. The smallest absolute Gasteiger partial charge is 0.125 e. The first kappa shape index (κ1) is 15.1. The lowest BCUT2D eigenvalue weighted by Crippen LogP contribution is -2.42. The largest absolute Gasteiger partial charge is 0.496 e. The topological polar surface area (TPSA) is 33.7 Å². The zero-order valence-electron chi connectivity index (χ0n) is 13.0. The monoisotopic (exact) mass is 278 g/mol. The lowest BCUT2D eigenvalue weighted by molar-refractivity contribution is 0.0531. The van der Waals surface area contributed by atoms with Gasteiger partial charge in [-0.15, -0.1) is 0 Å². The molecular formula is C16H26N2O2. The molecule has 1 aromatic carbocycles. The van der Waals surface area contributed by atoms with Gasteiger partial charge < -0.3 is 19.7 Å². The highest BCUT2D eigenvalue weighted by molar-refractivity contribution is 5.61. The molecule has 0 saturated carbocycles. The highest BCUT2D eigenvalue weighted by Crippen LogP contribution is 2.35. The van der Waals surface area contributed by atoms with Crippen molar-refractivity contribution in [3.63, 3.8) is 0 Å². The summed E-state index contributed by atoms with van der Waals surface area (Å²) in [4.78, 5) is 2.40. The molecule has 1 aliphatic heterocycles. The van der Waals surface area contributed by atoms with E-state index in [0.29, 0.717) is 0 Å². The van der Waals surface area contributed by atoms with E-state index >= 15 is 0 Å². The molecule has 0 aromatic heterocycles. The molecule has 2 atom stereocenters. The molecule has 1 saturated heterocycles. The Morgan fingerprint density at radius 3 is 2.95 bits per heavy atom. The van der Waals surface area contributed by atoms with Crippen molar-refractivity contribution in [1.82, 2.24) is 5.32 Å². The second-order valence-electron chi connectivity index (χ2n) is 5.30. The summed E-state index contributed by atoms with van der Waals surface area (Å²) in [6.45, 7) is 10.0. The van der Waals surface area contributed by atoms with Crippen LogP contribution in [-0.4, -0.2) is 39.5 Å². The van der Waals surface area contributed by atoms with E-state index in [4.69, 9.17) is 9.47 Å². The number of methoxy groups -OCH3 is 1. The number of rotatable bonds is 5. The highest BCUT2D eigenvalue weighted by Gasteiger charge is 2.23. The first-order valence-electron chi connectivity index (χ1n) is 7.44. The standard InChI is InChI=1S/C16H26N2O2/c1-5-17-13(3)16-14(7-6-8-15(16)19-4)18-9-10-20-12(2)11-18/h6-8,12-13,17H,5,9-11H2,1-4H3. The Morgan fingerprint density at radius 2 is 2.30 bits per heavy atom. The van der Waals surface area contributed by atoms with E-state index in [0.717, 1.165) is 32.0 Å². The van der Waals surface area contributed by atoms with Gasteiger partial charge in [0.05, 0.1) is 19.8 Å². The van der Waals surface area contributed by atoms with Crippen LogP contribution in [0.15, 0.2) is 18.2 Å². The molecule has 1 aliphatic rings. The fourth-order valence-corrected chi connectivity index (χ4v) is 2.87. The molecule has 0 amide bonds. The fraction of sp³-hybridized carbons (Fsp3) is 0.625. The molecule has 0 aliphatic carbocycles. The quantitative estimate of drug-likeness (QED) is 0.897. The van der Waals surface area contributed by atoms with Crippen LogP contribution in [-0.2, 0) is 4.74 Å². The molecule has 1 fully saturated rings. The minimum atomic E-state index is 0.268. The third kappa shape index (κ3) is 3.25. The van der Waals surface area contributed by atoms with Gasteiger partial charge in [0.25, 0.3) is 0 Å². The normalized spacial score (nSPS) is 20.8. The number of ether oxygens (including phenoxy) is 2. The van der Waals surface area contributed by atoms with Gasteiger partial charge in [0.1, 0.15) is 5.75 Å². The summed E-state index contributed by atoms with van der Waals surface area (Å²) in [5, 5.41) is 3.49. The Bertz CT molecular complexity index is 436. The summed E-state index contributed by atoms with van der Waals surface area (Å²) < 4.78 is 11.2. The maximum atomic E-state index is 5.65. The lowest BCUT2D eigenvalue weighted by atomic mass is 10.0. The highest BCUT2D eigenvalue weighted by atomic mass is 16.5. The minimum Gasteiger partial charge on any atom is -0.496 e. The van der Waals surface area contributed by atoms with Crippen LogP contribution in [0.4, 0.5) is 5.69 Å². The third-order valence-corrected chi connectivity index (χ3v) is 3.79. The van der Waals surface area contributed by atoms with E-state index in [9.17, 15) is 0 Å². The molecule has 4 heteroatoms. The van der Waals surface area contributed by atoms with Gasteiger partial charge in [-0.2, -0.15) is 0 Å². The summed E-state index contributed by atoms with van der Waals surface area (Å²) in [6.07, 6.45) is 0.275. The number of benzene rings is 1. The van der Waals surface area contributed by atoms with Crippen LogP contribution < -0.4 is 15.0 Å². The number of nitrogens with zero attached hydrogens (tertiary/aromatic N) is 1. The van der Waals surface area contributed by atoms with Crippen molar-refractivity contribution in [2.24, 2.45) is 0 Å². The van der Waals surface area contributed by atoms with Gasteiger partial charge in [0.15, 0.2) is 0 Å². The molecule has 20 heavy (non-hydrogen) atoms. The Hall–Kier alpha value is -1.26. The SMILES string of the molecule is CCNC(C)c1c(OC)cccc1N1CCOC(C)C1. The van der Waals surface area contributed by atoms with Gasteiger partial charge in [0.2, 0.25) is 0 Å². The molecule has 112 valence electrons. The molecule has 2 rings (SSSR count). The summed E-state index contributed by atoms with van der Waals surface area (Å²) in [5.41, 5.74) is 2.50. The predicted octanol–water partition coefficient (Wildman–Crippen LogP) is 2.59. The average Bonchev–Trinajstić information content (AvgIpc) is 2.46. The molecule has 0 bridgehead atoms. The van der Waals surface area contributed by atoms with Crippen molar-refractivity contribution in [1.29, 1.82) is 0 Å². The van der Waals surface area contributed by atoms with E-state index in [1.165, 1.54) is 11.3 Å². The van der Waals surface area contributed by atoms with Crippen molar-refractivity contribution in [3.8, 4) is 5.75 Å². The van der Waals surface area contributed by atoms with Crippen LogP contribution in [0, 0.1) is 0 Å². The van der Waals surface area contributed by atoms with E-state index in [1.54, 1.807) is 7.11 Å². The number of nitrogens with one attached hydrogen (secondary N) is 1. The summed E-state index contributed by atoms with van der Waals surface area (Å²) in [5.74, 6) is 0.954. The molecule has 4 nitrogen and oxygen atoms in total. The molecule has 0 radical (unpaired) electrons. The molecule has 1 N–H and O–H groups in total. The summed E-state index contributed by atoms with van der Waals surface area (Å²) >= 11 is 0. The number of hydrogen-bond acceptors (Lipinski definition) is 4. The van der Waals surface area contributed by atoms with E-state index in [-0.39, 0.29) is 12.1 Å². The molecule has 1 heterocycles. The number of hydrogen-bond donors (Lipinski definition) is 1. The molecular weight excluding hydrogens is 252 g/mol. The number of anilines is 1.